The van der Waals surface area contributed by atoms with Crippen LogP contribution in [0.3, 0.4) is 0 Å². The standard InChI is InChI=1S/C19H27N3O3/c23-15(10-22-17(24)19(21-18(22)25)3-1-2-4-19)20-16-13-6-11-5-12(8-13)9-14(16)7-11/h11-14,16H,1-10H2,(H,20,23)(H,21,25). The number of hydrogen-bond donors (Lipinski definition) is 2. The summed E-state index contributed by atoms with van der Waals surface area (Å²) in [4.78, 5) is 38.6. The number of nitrogens with one attached hydrogen (secondary N) is 2. The monoisotopic (exact) mass is 345 g/mol. The molecule has 1 saturated heterocycles. The summed E-state index contributed by atoms with van der Waals surface area (Å²) in [5.41, 5.74) is -0.722. The molecule has 6 fully saturated rings. The maximum absolute atomic E-state index is 12.7. The molecular formula is C19H27N3O3. The topological polar surface area (TPSA) is 78.5 Å². The normalized spacial score (nSPS) is 40.8. The molecule has 136 valence electrons. The molecule has 2 N–H and O–H groups in total. The number of rotatable bonds is 3. The van der Waals surface area contributed by atoms with Crippen LogP contribution in [-0.4, -0.2) is 40.9 Å². The summed E-state index contributed by atoms with van der Waals surface area (Å²) in [5, 5.41) is 6.04. The van der Waals surface area contributed by atoms with E-state index < -0.39 is 11.6 Å². The first-order valence-corrected chi connectivity index (χ1v) is 9.97. The lowest BCUT2D eigenvalue weighted by molar-refractivity contribution is -0.136. The van der Waals surface area contributed by atoms with Crippen LogP contribution in [0.4, 0.5) is 4.79 Å². The molecule has 6 rings (SSSR count). The average molecular weight is 345 g/mol. The summed E-state index contributed by atoms with van der Waals surface area (Å²) >= 11 is 0. The molecular weight excluding hydrogens is 318 g/mol. The fraction of sp³-hybridized carbons (Fsp3) is 0.842. The number of carbonyl (C=O) groups excluding carboxylic acids is 3. The first kappa shape index (κ1) is 15.6. The predicted molar refractivity (Wildman–Crippen MR) is 90.4 cm³/mol. The molecule has 6 heteroatoms. The summed E-state index contributed by atoms with van der Waals surface area (Å²) in [6, 6.07) is -0.145. The van der Waals surface area contributed by atoms with Gasteiger partial charge >= 0.3 is 6.03 Å². The summed E-state index contributed by atoms with van der Waals surface area (Å²) in [5.74, 6) is 2.56. The summed E-state index contributed by atoms with van der Waals surface area (Å²) in [6.07, 6.45) is 9.66. The quantitative estimate of drug-likeness (QED) is 0.766. The molecule has 0 atom stereocenters. The zero-order valence-corrected chi connectivity index (χ0v) is 14.6. The number of hydrogen-bond acceptors (Lipinski definition) is 3. The first-order valence-electron chi connectivity index (χ1n) is 9.97. The Balaban J connectivity index is 1.24. The molecule has 5 saturated carbocycles. The van der Waals surface area contributed by atoms with Crippen molar-refractivity contribution in [2.45, 2.75) is 69.4 Å². The Hall–Kier alpha value is -1.59. The molecule has 25 heavy (non-hydrogen) atoms. The van der Waals surface area contributed by atoms with E-state index in [1.54, 1.807) is 0 Å². The van der Waals surface area contributed by atoms with Gasteiger partial charge in [-0.05, 0) is 68.6 Å². The van der Waals surface area contributed by atoms with Crippen molar-refractivity contribution in [2.24, 2.45) is 23.7 Å². The van der Waals surface area contributed by atoms with Gasteiger partial charge in [0.25, 0.3) is 5.91 Å². The minimum absolute atomic E-state index is 0.130. The van der Waals surface area contributed by atoms with E-state index in [2.05, 4.69) is 10.6 Å². The highest BCUT2D eigenvalue weighted by Gasteiger charge is 2.53. The van der Waals surface area contributed by atoms with Crippen molar-refractivity contribution in [2.75, 3.05) is 6.54 Å². The lowest BCUT2D eigenvalue weighted by Crippen LogP contribution is -2.57. The third-order valence-electron chi connectivity index (χ3n) is 7.56. The van der Waals surface area contributed by atoms with E-state index in [0.29, 0.717) is 24.7 Å². The van der Waals surface area contributed by atoms with Crippen LogP contribution in [-0.2, 0) is 9.59 Å². The third kappa shape index (κ3) is 2.40. The summed E-state index contributed by atoms with van der Waals surface area (Å²) < 4.78 is 0. The van der Waals surface area contributed by atoms with Crippen molar-refractivity contribution >= 4 is 17.8 Å². The van der Waals surface area contributed by atoms with Gasteiger partial charge in [0.15, 0.2) is 0 Å². The van der Waals surface area contributed by atoms with E-state index in [1.165, 1.54) is 32.1 Å². The van der Waals surface area contributed by atoms with Gasteiger partial charge in [-0.3, -0.25) is 14.5 Å². The van der Waals surface area contributed by atoms with E-state index >= 15 is 0 Å². The van der Waals surface area contributed by atoms with Gasteiger partial charge in [-0.2, -0.15) is 0 Å². The first-order chi connectivity index (χ1) is 12.0. The Labute approximate surface area is 148 Å². The fourth-order valence-electron chi connectivity index (χ4n) is 6.67. The molecule has 0 radical (unpaired) electrons. The van der Waals surface area contributed by atoms with Gasteiger partial charge in [0.05, 0.1) is 0 Å². The second-order valence-electron chi connectivity index (χ2n) is 9.13. The lowest BCUT2D eigenvalue weighted by atomic mass is 9.54. The molecule has 1 heterocycles. The largest absolute Gasteiger partial charge is 0.351 e. The van der Waals surface area contributed by atoms with Crippen LogP contribution in [0.25, 0.3) is 0 Å². The molecule has 5 aliphatic carbocycles. The highest BCUT2D eigenvalue weighted by atomic mass is 16.2. The SMILES string of the molecule is O=C(CN1C(=O)NC2(CCCC2)C1=O)NC1C2CC3CC(C2)CC1C3. The smallest absolute Gasteiger partial charge is 0.325 e. The zero-order chi connectivity index (χ0) is 17.2. The van der Waals surface area contributed by atoms with Gasteiger partial charge in [-0.25, -0.2) is 4.79 Å². The summed E-state index contributed by atoms with van der Waals surface area (Å²) in [6.45, 7) is -0.130. The number of imide groups is 1. The van der Waals surface area contributed by atoms with E-state index in [9.17, 15) is 14.4 Å². The highest BCUT2D eigenvalue weighted by Crippen LogP contribution is 2.53. The molecule has 4 amide bonds. The van der Waals surface area contributed by atoms with Crippen molar-refractivity contribution in [3.63, 3.8) is 0 Å². The van der Waals surface area contributed by atoms with Crippen molar-refractivity contribution in [1.29, 1.82) is 0 Å². The molecule has 1 aliphatic heterocycles. The molecule has 0 aromatic heterocycles. The highest BCUT2D eigenvalue weighted by molar-refractivity contribution is 6.09. The minimum atomic E-state index is -0.722. The van der Waals surface area contributed by atoms with Crippen molar-refractivity contribution in [1.82, 2.24) is 15.5 Å². The average Bonchev–Trinajstić information content (AvgIpc) is 3.12. The molecule has 6 nitrogen and oxygen atoms in total. The van der Waals surface area contributed by atoms with Crippen LogP contribution in [0.5, 0.6) is 0 Å². The summed E-state index contributed by atoms with van der Waals surface area (Å²) in [7, 11) is 0. The van der Waals surface area contributed by atoms with Gasteiger partial charge < -0.3 is 10.6 Å². The van der Waals surface area contributed by atoms with Gasteiger partial charge in [-0.15, -0.1) is 0 Å². The van der Waals surface area contributed by atoms with Gasteiger partial charge in [0, 0.05) is 6.04 Å². The Morgan fingerprint density at radius 1 is 1.04 bits per heavy atom. The van der Waals surface area contributed by atoms with Gasteiger partial charge in [0.1, 0.15) is 12.1 Å². The molecule has 4 bridgehead atoms. The van der Waals surface area contributed by atoms with E-state index in [4.69, 9.17) is 0 Å². The number of urea groups is 1. The van der Waals surface area contributed by atoms with Crippen LogP contribution in [0.2, 0.25) is 0 Å². The molecule has 1 spiro atoms. The Bertz CT molecular complexity index is 597. The molecule has 0 unspecified atom stereocenters. The number of carbonyl (C=O) groups is 3. The molecule has 0 aromatic carbocycles. The molecule has 0 aromatic rings. The van der Waals surface area contributed by atoms with Crippen LogP contribution < -0.4 is 10.6 Å². The zero-order valence-electron chi connectivity index (χ0n) is 14.6. The molecule has 6 aliphatic rings. The van der Waals surface area contributed by atoms with Crippen LogP contribution in [0.1, 0.15) is 57.8 Å². The second kappa shape index (κ2) is 5.45. The fourth-order valence-corrected chi connectivity index (χ4v) is 6.67. The third-order valence-corrected chi connectivity index (χ3v) is 7.56. The number of nitrogens with zero attached hydrogens (tertiary/aromatic N) is 1. The van der Waals surface area contributed by atoms with Gasteiger partial charge in [0.2, 0.25) is 5.91 Å². The lowest BCUT2D eigenvalue weighted by Gasteiger charge is -2.54. The van der Waals surface area contributed by atoms with E-state index in [0.717, 1.165) is 29.6 Å². The van der Waals surface area contributed by atoms with E-state index in [1.807, 2.05) is 0 Å². The maximum atomic E-state index is 12.7. The van der Waals surface area contributed by atoms with Crippen LogP contribution >= 0.6 is 0 Å². The Morgan fingerprint density at radius 2 is 1.64 bits per heavy atom. The van der Waals surface area contributed by atoms with Crippen molar-refractivity contribution < 1.29 is 14.4 Å². The maximum Gasteiger partial charge on any atom is 0.325 e. The Kier molecular flexibility index (Phi) is 3.41. The number of amides is 4. The Morgan fingerprint density at radius 3 is 2.24 bits per heavy atom. The second-order valence-corrected chi connectivity index (χ2v) is 9.13. The van der Waals surface area contributed by atoms with Crippen LogP contribution in [0, 0.1) is 23.7 Å². The predicted octanol–water partition coefficient (Wildman–Crippen LogP) is 1.79. The van der Waals surface area contributed by atoms with Crippen molar-refractivity contribution in [3.8, 4) is 0 Å². The van der Waals surface area contributed by atoms with Crippen molar-refractivity contribution in [3.05, 3.63) is 0 Å². The van der Waals surface area contributed by atoms with Gasteiger partial charge in [-0.1, -0.05) is 12.8 Å². The van der Waals surface area contributed by atoms with Crippen LogP contribution in [0.15, 0.2) is 0 Å². The van der Waals surface area contributed by atoms with E-state index in [-0.39, 0.29) is 24.4 Å². The minimum Gasteiger partial charge on any atom is -0.351 e.